The Kier molecular flexibility index (Phi) is 4.21. The number of hydrogen-bond donors (Lipinski definition) is 0. The number of amides is 1. The second-order valence-electron chi connectivity index (χ2n) is 5.35. The van der Waals surface area contributed by atoms with E-state index >= 15 is 0 Å². The monoisotopic (exact) mass is 359 g/mol. The van der Waals surface area contributed by atoms with Gasteiger partial charge in [0.1, 0.15) is 5.75 Å². The maximum atomic E-state index is 12.8. The van der Waals surface area contributed by atoms with Gasteiger partial charge in [0.15, 0.2) is 0 Å². The average Bonchev–Trinajstić information content (AvgIpc) is 2.80. The van der Waals surface area contributed by atoms with Gasteiger partial charge in [0, 0.05) is 16.7 Å². The van der Waals surface area contributed by atoms with Crippen LogP contribution in [0.5, 0.6) is 5.75 Å². The zero-order chi connectivity index (χ0) is 15.7. The van der Waals surface area contributed by atoms with Crippen LogP contribution in [0.15, 0.2) is 46.9 Å². The minimum absolute atomic E-state index is 0.139. The molecule has 3 nitrogen and oxygen atoms in total. The van der Waals surface area contributed by atoms with Crippen LogP contribution >= 0.6 is 15.9 Å². The number of fused-ring (bicyclic) bond motifs is 1. The fraction of sp³-hybridized carbons (Fsp3) is 0.278. The quantitative estimate of drug-likeness (QED) is 0.820. The molecular weight excluding hydrogens is 342 g/mol. The molecule has 0 unspecified atom stereocenters. The van der Waals surface area contributed by atoms with Crippen molar-refractivity contribution in [1.29, 1.82) is 0 Å². The highest BCUT2D eigenvalue weighted by Gasteiger charge is 2.36. The molecule has 0 spiro atoms. The van der Waals surface area contributed by atoms with Gasteiger partial charge in [-0.3, -0.25) is 4.79 Å². The van der Waals surface area contributed by atoms with Crippen LogP contribution in [0.2, 0.25) is 0 Å². The van der Waals surface area contributed by atoms with Crippen molar-refractivity contribution in [2.24, 2.45) is 0 Å². The Hall–Kier alpha value is -1.81. The van der Waals surface area contributed by atoms with E-state index in [1.165, 1.54) is 0 Å². The van der Waals surface area contributed by atoms with Crippen LogP contribution in [0.4, 0.5) is 5.69 Å². The summed E-state index contributed by atoms with van der Waals surface area (Å²) in [5, 5.41) is 0. The SMILES string of the molecule is CCN1C(=O)[C@H](Cc2cc(Br)ccc2OC)c2ccccc21. The van der Waals surface area contributed by atoms with Crippen LogP contribution in [0.3, 0.4) is 0 Å². The molecule has 0 saturated heterocycles. The summed E-state index contributed by atoms with van der Waals surface area (Å²) in [6.45, 7) is 2.71. The van der Waals surface area contributed by atoms with E-state index in [4.69, 9.17) is 4.74 Å². The van der Waals surface area contributed by atoms with Crippen LogP contribution in [0, 0.1) is 0 Å². The van der Waals surface area contributed by atoms with Gasteiger partial charge in [-0.1, -0.05) is 34.1 Å². The van der Waals surface area contributed by atoms with E-state index in [0.29, 0.717) is 13.0 Å². The van der Waals surface area contributed by atoms with Crippen molar-refractivity contribution < 1.29 is 9.53 Å². The maximum absolute atomic E-state index is 12.8. The zero-order valence-electron chi connectivity index (χ0n) is 12.7. The molecule has 3 rings (SSSR count). The van der Waals surface area contributed by atoms with Crippen molar-refractivity contribution in [2.75, 3.05) is 18.6 Å². The predicted octanol–water partition coefficient (Wildman–Crippen LogP) is 4.15. The number of likely N-dealkylation sites (N-methyl/N-ethyl adjacent to an activating group) is 1. The number of carbonyl (C=O) groups is 1. The minimum Gasteiger partial charge on any atom is -0.496 e. The zero-order valence-corrected chi connectivity index (χ0v) is 14.3. The number of benzene rings is 2. The number of rotatable bonds is 4. The van der Waals surface area contributed by atoms with Crippen LogP contribution in [0.1, 0.15) is 24.0 Å². The molecule has 0 fully saturated rings. The molecule has 1 heterocycles. The van der Waals surface area contributed by atoms with Crippen LogP contribution in [-0.2, 0) is 11.2 Å². The molecule has 114 valence electrons. The van der Waals surface area contributed by atoms with Crippen molar-refractivity contribution in [1.82, 2.24) is 0 Å². The summed E-state index contributed by atoms with van der Waals surface area (Å²) in [4.78, 5) is 14.6. The third-order valence-electron chi connectivity index (χ3n) is 4.15. The number of hydrogen-bond acceptors (Lipinski definition) is 2. The first-order chi connectivity index (χ1) is 10.7. The van der Waals surface area contributed by atoms with E-state index in [1.807, 2.05) is 48.2 Å². The van der Waals surface area contributed by atoms with Crippen LogP contribution in [0.25, 0.3) is 0 Å². The third kappa shape index (κ3) is 2.52. The Morgan fingerprint density at radius 2 is 2.00 bits per heavy atom. The Morgan fingerprint density at radius 1 is 1.23 bits per heavy atom. The van der Waals surface area contributed by atoms with Gasteiger partial charge in [-0.05, 0) is 48.7 Å². The largest absolute Gasteiger partial charge is 0.496 e. The van der Waals surface area contributed by atoms with E-state index in [0.717, 1.165) is 27.0 Å². The summed E-state index contributed by atoms with van der Waals surface area (Å²) in [6, 6.07) is 14.0. The number of halogens is 1. The normalized spacial score (nSPS) is 16.8. The summed E-state index contributed by atoms with van der Waals surface area (Å²) >= 11 is 3.50. The van der Waals surface area contributed by atoms with Gasteiger partial charge in [0.2, 0.25) is 5.91 Å². The van der Waals surface area contributed by atoms with Gasteiger partial charge >= 0.3 is 0 Å². The van der Waals surface area contributed by atoms with E-state index < -0.39 is 0 Å². The number of ether oxygens (including phenoxy) is 1. The third-order valence-corrected chi connectivity index (χ3v) is 4.64. The van der Waals surface area contributed by atoms with Crippen molar-refractivity contribution in [2.45, 2.75) is 19.3 Å². The summed E-state index contributed by atoms with van der Waals surface area (Å²) in [5.41, 5.74) is 3.19. The van der Waals surface area contributed by atoms with E-state index in [9.17, 15) is 4.79 Å². The van der Waals surface area contributed by atoms with E-state index in [2.05, 4.69) is 22.0 Å². The Labute approximate surface area is 139 Å². The molecule has 22 heavy (non-hydrogen) atoms. The fourth-order valence-electron chi connectivity index (χ4n) is 3.12. The first-order valence-corrected chi connectivity index (χ1v) is 8.17. The molecule has 0 N–H and O–H groups in total. The molecular formula is C18H18BrNO2. The minimum atomic E-state index is -0.139. The summed E-state index contributed by atoms with van der Waals surface area (Å²) in [6.07, 6.45) is 0.648. The molecule has 0 aliphatic carbocycles. The number of carbonyl (C=O) groups excluding carboxylic acids is 1. The molecule has 0 saturated carbocycles. The molecule has 0 aromatic heterocycles. The lowest BCUT2D eigenvalue weighted by atomic mass is 9.93. The Balaban J connectivity index is 1.99. The topological polar surface area (TPSA) is 29.5 Å². The summed E-state index contributed by atoms with van der Waals surface area (Å²) < 4.78 is 6.44. The molecule has 4 heteroatoms. The number of methoxy groups -OCH3 is 1. The molecule has 2 aromatic rings. The van der Waals surface area contributed by atoms with Gasteiger partial charge in [-0.15, -0.1) is 0 Å². The second-order valence-corrected chi connectivity index (χ2v) is 6.27. The highest BCUT2D eigenvalue weighted by Crippen LogP contribution is 2.40. The van der Waals surface area contributed by atoms with Gasteiger partial charge < -0.3 is 9.64 Å². The van der Waals surface area contributed by atoms with E-state index in [1.54, 1.807) is 7.11 Å². The Morgan fingerprint density at radius 3 is 2.73 bits per heavy atom. The highest BCUT2D eigenvalue weighted by atomic mass is 79.9. The highest BCUT2D eigenvalue weighted by molar-refractivity contribution is 9.10. The summed E-state index contributed by atoms with van der Waals surface area (Å²) in [5.74, 6) is 0.855. The van der Waals surface area contributed by atoms with E-state index in [-0.39, 0.29) is 11.8 Å². The molecule has 1 amide bonds. The van der Waals surface area contributed by atoms with Crippen molar-refractivity contribution in [3.63, 3.8) is 0 Å². The summed E-state index contributed by atoms with van der Waals surface area (Å²) in [7, 11) is 1.66. The van der Waals surface area contributed by atoms with Gasteiger partial charge in [-0.2, -0.15) is 0 Å². The molecule has 1 aliphatic rings. The average molecular weight is 360 g/mol. The predicted molar refractivity (Wildman–Crippen MR) is 91.6 cm³/mol. The maximum Gasteiger partial charge on any atom is 0.234 e. The molecule has 1 aliphatic heterocycles. The van der Waals surface area contributed by atoms with Gasteiger partial charge in [-0.25, -0.2) is 0 Å². The van der Waals surface area contributed by atoms with Crippen LogP contribution < -0.4 is 9.64 Å². The first kappa shape index (κ1) is 15.1. The molecule has 0 radical (unpaired) electrons. The van der Waals surface area contributed by atoms with Gasteiger partial charge in [0.05, 0.1) is 13.0 Å². The lowest BCUT2D eigenvalue weighted by molar-refractivity contribution is -0.119. The lowest BCUT2D eigenvalue weighted by Gasteiger charge is -2.16. The first-order valence-electron chi connectivity index (χ1n) is 7.38. The number of nitrogens with zero attached hydrogens (tertiary/aromatic N) is 1. The second kappa shape index (κ2) is 6.13. The molecule has 0 bridgehead atoms. The van der Waals surface area contributed by atoms with Gasteiger partial charge in [0.25, 0.3) is 0 Å². The smallest absolute Gasteiger partial charge is 0.234 e. The lowest BCUT2D eigenvalue weighted by Crippen LogP contribution is -2.29. The standard InChI is InChI=1S/C18H18BrNO2/c1-3-20-16-7-5-4-6-14(16)15(18(20)21)11-12-10-13(19)8-9-17(12)22-2/h4-10,15H,3,11H2,1-2H3/t15-/m1/s1. The van der Waals surface area contributed by atoms with Crippen LogP contribution in [-0.4, -0.2) is 19.6 Å². The Bertz CT molecular complexity index is 714. The fourth-order valence-corrected chi connectivity index (χ4v) is 3.53. The van der Waals surface area contributed by atoms with Crippen molar-refractivity contribution >= 4 is 27.5 Å². The van der Waals surface area contributed by atoms with Crippen molar-refractivity contribution in [3.8, 4) is 5.75 Å². The number of anilines is 1. The van der Waals surface area contributed by atoms with Crippen molar-refractivity contribution in [3.05, 3.63) is 58.1 Å². The molecule has 1 atom stereocenters. The number of para-hydroxylation sites is 1. The molecule has 2 aromatic carbocycles.